The van der Waals surface area contributed by atoms with E-state index in [0.717, 1.165) is 66.3 Å². The molecule has 1 aromatic carbocycles. The number of carbonyl (C=O) groups is 1. The average molecular weight is 234 g/mol. The first kappa shape index (κ1) is 10.8. The summed E-state index contributed by atoms with van der Waals surface area (Å²) in [6.45, 7) is 0. The molecule has 3 heteroatoms. The molecule has 2 nitrogen and oxygen atoms in total. The summed E-state index contributed by atoms with van der Waals surface area (Å²) in [7, 11) is 0. The van der Waals surface area contributed by atoms with Crippen LogP contribution in [0.4, 0.5) is 4.39 Å². The highest BCUT2D eigenvalue weighted by Crippen LogP contribution is 2.37. The lowest BCUT2D eigenvalue weighted by Crippen LogP contribution is -2.09. The van der Waals surface area contributed by atoms with Crippen LogP contribution in [0.15, 0.2) is 0 Å². The molecule has 0 aliphatic heterocycles. The number of aliphatic carboxylic acids is 1. The molecule has 1 aromatic rings. The highest BCUT2D eigenvalue weighted by molar-refractivity contribution is 5.72. The molecule has 0 amide bonds. The standard InChI is InChI=1S/C14H15FO2/c15-14-10-5-1-3-8(10)12(7-13(16)17)9-4-2-6-11(9)14/h1-7H2,(H,16,17). The third kappa shape index (κ3) is 1.56. The lowest BCUT2D eigenvalue weighted by molar-refractivity contribution is -0.136. The fraction of sp³-hybridized carbons (Fsp3) is 0.500. The molecule has 0 bridgehead atoms. The van der Waals surface area contributed by atoms with E-state index < -0.39 is 5.97 Å². The fourth-order valence-corrected chi connectivity index (χ4v) is 3.37. The summed E-state index contributed by atoms with van der Waals surface area (Å²) in [6, 6.07) is 0. The van der Waals surface area contributed by atoms with Gasteiger partial charge in [-0.2, -0.15) is 0 Å². The van der Waals surface area contributed by atoms with Gasteiger partial charge in [-0.25, -0.2) is 4.39 Å². The van der Waals surface area contributed by atoms with E-state index in [1.807, 2.05) is 0 Å². The van der Waals surface area contributed by atoms with Gasteiger partial charge in [-0.3, -0.25) is 4.79 Å². The Kier molecular flexibility index (Phi) is 2.42. The van der Waals surface area contributed by atoms with Crippen molar-refractivity contribution in [1.82, 2.24) is 0 Å². The molecule has 0 unspecified atom stereocenters. The Hall–Kier alpha value is -1.38. The maximum atomic E-state index is 14.2. The second kappa shape index (κ2) is 3.83. The van der Waals surface area contributed by atoms with E-state index in [9.17, 15) is 9.18 Å². The van der Waals surface area contributed by atoms with Crippen LogP contribution in [0.3, 0.4) is 0 Å². The Morgan fingerprint density at radius 3 is 1.94 bits per heavy atom. The zero-order valence-electron chi connectivity index (χ0n) is 9.68. The van der Waals surface area contributed by atoms with Gasteiger partial charge in [0.1, 0.15) is 5.82 Å². The van der Waals surface area contributed by atoms with Gasteiger partial charge in [0.2, 0.25) is 0 Å². The number of fused-ring (bicyclic) bond motifs is 2. The highest BCUT2D eigenvalue weighted by Gasteiger charge is 2.29. The molecule has 0 saturated carbocycles. The molecule has 0 heterocycles. The molecular weight excluding hydrogens is 219 g/mol. The number of benzene rings is 1. The minimum absolute atomic E-state index is 0.0286. The summed E-state index contributed by atoms with van der Waals surface area (Å²) < 4.78 is 14.2. The molecule has 0 saturated heterocycles. The summed E-state index contributed by atoms with van der Waals surface area (Å²) in [4.78, 5) is 11.0. The van der Waals surface area contributed by atoms with Gasteiger partial charge in [0.25, 0.3) is 0 Å². The minimum atomic E-state index is -0.806. The smallest absolute Gasteiger partial charge is 0.307 e. The van der Waals surface area contributed by atoms with E-state index in [-0.39, 0.29) is 12.2 Å². The molecule has 1 N–H and O–H groups in total. The van der Waals surface area contributed by atoms with E-state index in [2.05, 4.69) is 0 Å². The molecule has 3 rings (SSSR count). The maximum Gasteiger partial charge on any atom is 0.307 e. The van der Waals surface area contributed by atoms with Crippen molar-refractivity contribution >= 4 is 5.97 Å². The minimum Gasteiger partial charge on any atom is -0.481 e. The monoisotopic (exact) mass is 234 g/mol. The van der Waals surface area contributed by atoms with E-state index >= 15 is 0 Å². The highest BCUT2D eigenvalue weighted by atomic mass is 19.1. The van der Waals surface area contributed by atoms with Crippen molar-refractivity contribution in [3.05, 3.63) is 33.6 Å². The van der Waals surface area contributed by atoms with Gasteiger partial charge in [-0.15, -0.1) is 0 Å². The molecule has 0 atom stereocenters. The van der Waals surface area contributed by atoms with E-state index in [1.54, 1.807) is 0 Å². The average Bonchev–Trinajstić information content (AvgIpc) is 2.92. The number of hydrogen-bond donors (Lipinski definition) is 1. The normalized spacial score (nSPS) is 17.0. The van der Waals surface area contributed by atoms with Gasteiger partial charge in [-0.1, -0.05) is 0 Å². The van der Waals surface area contributed by atoms with Gasteiger partial charge in [-0.05, 0) is 66.3 Å². The van der Waals surface area contributed by atoms with Crippen LogP contribution in [0.5, 0.6) is 0 Å². The molecular formula is C14H15FO2. The third-order valence-electron chi connectivity index (χ3n) is 4.02. The van der Waals surface area contributed by atoms with Gasteiger partial charge in [0, 0.05) is 0 Å². The Labute approximate surface area is 99.5 Å². The van der Waals surface area contributed by atoms with Gasteiger partial charge in [0.05, 0.1) is 6.42 Å². The Morgan fingerprint density at radius 1 is 1.00 bits per heavy atom. The van der Waals surface area contributed by atoms with Crippen LogP contribution in [0.1, 0.15) is 40.7 Å². The second-order valence-corrected chi connectivity index (χ2v) is 4.98. The molecule has 0 radical (unpaired) electrons. The van der Waals surface area contributed by atoms with Crippen LogP contribution in [0.25, 0.3) is 0 Å². The first-order valence-corrected chi connectivity index (χ1v) is 6.24. The molecule has 0 aromatic heterocycles. The van der Waals surface area contributed by atoms with Crippen molar-refractivity contribution in [2.45, 2.75) is 44.9 Å². The largest absolute Gasteiger partial charge is 0.481 e. The van der Waals surface area contributed by atoms with Gasteiger partial charge < -0.3 is 5.11 Å². The van der Waals surface area contributed by atoms with Crippen molar-refractivity contribution in [2.24, 2.45) is 0 Å². The molecule has 0 spiro atoms. The molecule has 90 valence electrons. The van der Waals surface area contributed by atoms with E-state index in [4.69, 9.17) is 5.11 Å². The lowest BCUT2D eigenvalue weighted by Gasteiger charge is -2.14. The van der Waals surface area contributed by atoms with Crippen LogP contribution >= 0.6 is 0 Å². The fourth-order valence-electron chi connectivity index (χ4n) is 3.37. The van der Waals surface area contributed by atoms with Crippen LogP contribution in [-0.4, -0.2) is 11.1 Å². The van der Waals surface area contributed by atoms with Crippen molar-refractivity contribution in [2.75, 3.05) is 0 Å². The molecule has 17 heavy (non-hydrogen) atoms. The zero-order chi connectivity index (χ0) is 12.0. The topological polar surface area (TPSA) is 37.3 Å². The Morgan fingerprint density at radius 2 is 1.47 bits per heavy atom. The summed E-state index contributed by atoms with van der Waals surface area (Å²) in [6.07, 6.45) is 5.24. The molecule has 2 aliphatic rings. The van der Waals surface area contributed by atoms with Crippen molar-refractivity contribution in [3.63, 3.8) is 0 Å². The number of halogens is 1. The zero-order valence-corrected chi connectivity index (χ0v) is 9.68. The van der Waals surface area contributed by atoms with Crippen LogP contribution in [0.2, 0.25) is 0 Å². The van der Waals surface area contributed by atoms with Crippen molar-refractivity contribution in [3.8, 4) is 0 Å². The quantitative estimate of drug-likeness (QED) is 0.853. The second-order valence-electron chi connectivity index (χ2n) is 4.98. The SMILES string of the molecule is O=C(O)Cc1c2c(c(F)c3c1CCC3)CCC2. The lowest BCUT2D eigenvalue weighted by atomic mass is 9.91. The van der Waals surface area contributed by atoms with Crippen LogP contribution < -0.4 is 0 Å². The molecule has 2 aliphatic carbocycles. The number of rotatable bonds is 2. The predicted octanol–water partition coefficient (Wildman–Crippen LogP) is 2.43. The Balaban J connectivity index is 2.22. The molecule has 0 fully saturated rings. The van der Waals surface area contributed by atoms with Gasteiger partial charge >= 0.3 is 5.97 Å². The number of carboxylic acid groups (broad SMARTS) is 1. The first-order chi connectivity index (χ1) is 8.18. The van der Waals surface area contributed by atoms with Gasteiger partial charge in [0.15, 0.2) is 0 Å². The Bertz CT molecular complexity index is 470. The summed E-state index contributed by atoms with van der Waals surface area (Å²) in [5.74, 6) is -0.834. The summed E-state index contributed by atoms with van der Waals surface area (Å²) in [5.41, 5.74) is 4.55. The van der Waals surface area contributed by atoms with E-state index in [1.165, 1.54) is 0 Å². The van der Waals surface area contributed by atoms with E-state index in [0.29, 0.717) is 0 Å². The maximum absolute atomic E-state index is 14.2. The summed E-state index contributed by atoms with van der Waals surface area (Å²) >= 11 is 0. The van der Waals surface area contributed by atoms with Crippen LogP contribution in [-0.2, 0) is 36.9 Å². The van der Waals surface area contributed by atoms with Crippen LogP contribution in [0, 0.1) is 5.82 Å². The van der Waals surface area contributed by atoms with Crippen molar-refractivity contribution in [1.29, 1.82) is 0 Å². The predicted molar refractivity (Wildman–Crippen MR) is 61.8 cm³/mol. The van der Waals surface area contributed by atoms with Crippen molar-refractivity contribution < 1.29 is 14.3 Å². The third-order valence-corrected chi connectivity index (χ3v) is 4.02. The first-order valence-electron chi connectivity index (χ1n) is 6.24. The number of hydrogen-bond acceptors (Lipinski definition) is 1. The summed E-state index contributed by atoms with van der Waals surface area (Å²) in [5, 5.41) is 9.00. The number of carboxylic acids is 1.